The first-order valence-electron chi connectivity index (χ1n) is 7.86. The number of nitrogens with zero attached hydrogens (tertiary/aromatic N) is 3. The van der Waals surface area contributed by atoms with Crippen LogP contribution < -0.4 is 0 Å². The Hall–Kier alpha value is -3.31. The molecule has 2 heterocycles. The van der Waals surface area contributed by atoms with E-state index in [1.165, 1.54) is 30.6 Å². The van der Waals surface area contributed by atoms with Crippen LogP contribution in [0.4, 0.5) is 13.2 Å². The van der Waals surface area contributed by atoms with Crippen LogP contribution in [-0.4, -0.2) is 20.6 Å². The van der Waals surface area contributed by atoms with Crippen LogP contribution in [0.2, 0.25) is 5.02 Å². The second kappa shape index (κ2) is 7.37. The number of rotatable bonds is 4. The van der Waals surface area contributed by atoms with E-state index < -0.39 is 28.3 Å². The molecule has 0 bridgehead atoms. The number of carbonyl (C=O) groups is 1. The molecule has 142 valence electrons. The largest absolute Gasteiger partial charge is 0.477 e. The van der Waals surface area contributed by atoms with E-state index in [1.807, 2.05) is 0 Å². The minimum atomic E-state index is -4.58. The molecule has 3 rings (SSSR count). The highest BCUT2D eigenvalue weighted by molar-refractivity contribution is 6.32. The lowest BCUT2D eigenvalue weighted by Gasteiger charge is -2.13. The molecule has 0 amide bonds. The number of hydrogen-bond acceptors (Lipinski definition) is 3. The molecule has 0 aliphatic rings. The Kier molecular flexibility index (Phi) is 5.12. The average molecular weight is 406 g/mol. The van der Waals surface area contributed by atoms with Crippen molar-refractivity contribution < 1.29 is 23.1 Å². The molecular weight excluding hydrogens is 395 g/mol. The normalized spacial score (nSPS) is 12.2. The summed E-state index contributed by atoms with van der Waals surface area (Å²) in [6.07, 6.45) is -0.366. The molecule has 0 aliphatic carbocycles. The number of aliphatic carboxylic acids is 1. The fraction of sp³-hybridized carbons (Fsp3) is 0.105. The number of carboxylic acid groups (broad SMARTS) is 1. The highest BCUT2D eigenvalue weighted by atomic mass is 35.5. The van der Waals surface area contributed by atoms with Crippen molar-refractivity contribution >= 4 is 34.7 Å². The zero-order valence-corrected chi connectivity index (χ0v) is 14.8. The Morgan fingerprint density at radius 1 is 1.32 bits per heavy atom. The lowest BCUT2D eigenvalue weighted by atomic mass is 10.1. The van der Waals surface area contributed by atoms with Crippen LogP contribution in [0.1, 0.15) is 16.7 Å². The van der Waals surface area contributed by atoms with Crippen LogP contribution in [0.15, 0.2) is 48.3 Å². The second-order valence-electron chi connectivity index (χ2n) is 5.84. The summed E-state index contributed by atoms with van der Waals surface area (Å²) in [5, 5.41) is 18.2. The molecule has 0 unspecified atom stereocenters. The second-order valence-corrected chi connectivity index (χ2v) is 6.22. The van der Waals surface area contributed by atoms with Gasteiger partial charge in [0, 0.05) is 23.3 Å². The predicted octanol–water partition coefficient (Wildman–Crippen LogP) is 4.75. The maximum Gasteiger partial charge on any atom is 0.417 e. The SMILES string of the molecule is N#C/C(=C\c1cn(Cc2cccc(C(F)(F)F)c2Cl)c2ncccc12)C(=O)O. The fourth-order valence-electron chi connectivity index (χ4n) is 2.79. The molecular formula is C19H11ClF3N3O2. The Morgan fingerprint density at radius 3 is 2.71 bits per heavy atom. The summed E-state index contributed by atoms with van der Waals surface area (Å²) in [6, 6.07) is 8.54. The summed E-state index contributed by atoms with van der Waals surface area (Å²) >= 11 is 5.96. The first-order chi connectivity index (χ1) is 13.2. The summed E-state index contributed by atoms with van der Waals surface area (Å²) in [5.41, 5.74) is -0.350. The number of hydrogen-bond donors (Lipinski definition) is 1. The third-order valence-electron chi connectivity index (χ3n) is 4.04. The highest BCUT2D eigenvalue weighted by Gasteiger charge is 2.33. The van der Waals surface area contributed by atoms with Gasteiger partial charge in [-0.2, -0.15) is 18.4 Å². The van der Waals surface area contributed by atoms with Crippen molar-refractivity contribution in [3.05, 3.63) is 70.0 Å². The smallest absolute Gasteiger partial charge is 0.417 e. The van der Waals surface area contributed by atoms with Gasteiger partial charge in [0.15, 0.2) is 0 Å². The lowest BCUT2D eigenvalue weighted by Crippen LogP contribution is -2.08. The van der Waals surface area contributed by atoms with E-state index in [0.717, 1.165) is 6.07 Å². The molecule has 0 atom stereocenters. The molecule has 0 aliphatic heterocycles. The molecule has 0 saturated heterocycles. The molecule has 0 saturated carbocycles. The molecule has 5 nitrogen and oxygen atoms in total. The van der Waals surface area contributed by atoms with Gasteiger partial charge in [-0.25, -0.2) is 9.78 Å². The van der Waals surface area contributed by atoms with E-state index in [2.05, 4.69) is 4.98 Å². The number of benzene rings is 1. The van der Waals surface area contributed by atoms with Crippen LogP contribution in [-0.2, 0) is 17.5 Å². The van der Waals surface area contributed by atoms with Crippen molar-refractivity contribution in [2.75, 3.05) is 0 Å². The van der Waals surface area contributed by atoms with E-state index in [1.54, 1.807) is 22.8 Å². The van der Waals surface area contributed by atoms with E-state index >= 15 is 0 Å². The topological polar surface area (TPSA) is 78.9 Å². The number of halogens is 4. The summed E-state index contributed by atoms with van der Waals surface area (Å²) in [4.78, 5) is 15.3. The van der Waals surface area contributed by atoms with Crippen molar-refractivity contribution in [3.8, 4) is 6.07 Å². The van der Waals surface area contributed by atoms with Gasteiger partial charge in [0.25, 0.3) is 0 Å². The maximum atomic E-state index is 13.1. The summed E-state index contributed by atoms with van der Waals surface area (Å²) in [5.74, 6) is -1.38. The molecule has 0 fully saturated rings. The molecule has 1 aromatic carbocycles. The van der Waals surface area contributed by atoms with Gasteiger partial charge in [-0.3, -0.25) is 0 Å². The summed E-state index contributed by atoms with van der Waals surface area (Å²) in [7, 11) is 0. The van der Waals surface area contributed by atoms with Crippen molar-refractivity contribution in [1.82, 2.24) is 9.55 Å². The molecule has 1 N–H and O–H groups in total. The zero-order valence-electron chi connectivity index (χ0n) is 14.0. The first-order valence-corrected chi connectivity index (χ1v) is 8.23. The van der Waals surface area contributed by atoms with Crippen molar-refractivity contribution in [3.63, 3.8) is 0 Å². The van der Waals surface area contributed by atoms with Gasteiger partial charge in [0.2, 0.25) is 0 Å². The summed E-state index contributed by atoms with van der Waals surface area (Å²) < 4.78 is 40.8. The third-order valence-corrected chi connectivity index (χ3v) is 4.49. The maximum absolute atomic E-state index is 13.1. The minimum absolute atomic E-state index is 0.0148. The van der Waals surface area contributed by atoms with E-state index in [9.17, 15) is 18.0 Å². The fourth-order valence-corrected chi connectivity index (χ4v) is 3.08. The Balaban J connectivity index is 2.12. The standard InChI is InChI=1S/C19H11ClF3N3O2/c20-16-11(3-1-5-15(16)19(21,22)23)9-26-10-13(7-12(8-24)18(27)28)14-4-2-6-25-17(14)26/h1-7,10H,9H2,(H,27,28)/b12-7+. The van der Waals surface area contributed by atoms with Crippen molar-refractivity contribution in [1.29, 1.82) is 5.26 Å². The minimum Gasteiger partial charge on any atom is -0.477 e. The van der Waals surface area contributed by atoms with Crippen LogP contribution in [0.3, 0.4) is 0 Å². The lowest BCUT2D eigenvalue weighted by molar-refractivity contribution is -0.137. The Labute approximate surface area is 161 Å². The average Bonchev–Trinajstić information content (AvgIpc) is 2.98. The number of nitriles is 1. The highest BCUT2D eigenvalue weighted by Crippen LogP contribution is 2.36. The first kappa shape index (κ1) is 19.5. The number of alkyl halides is 3. The monoisotopic (exact) mass is 405 g/mol. The number of aromatic nitrogens is 2. The van der Waals surface area contributed by atoms with Crippen molar-refractivity contribution in [2.24, 2.45) is 0 Å². The van der Waals surface area contributed by atoms with Gasteiger partial charge in [-0.1, -0.05) is 23.7 Å². The number of pyridine rings is 1. The van der Waals surface area contributed by atoms with Crippen LogP contribution in [0.5, 0.6) is 0 Å². The Morgan fingerprint density at radius 2 is 2.07 bits per heavy atom. The van der Waals surface area contributed by atoms with Crippen LogP contribution >= 0.6 is 11.6 Å². The van der Waals surface area contributed by atoms with E-state index in [4.69, 9.17) is 22.0 Å². The van der Waals surface area contributed by atoms with Gasteiger partial charge in [-0.05, 0) is 29.8 Å². The van der Waals surface area contributed by atoms with Gasteiger partial charge < -0.3 is 9.67 Å². The third kappa shape index (κ3) is 3.70. The van der Waals surface area contributed by atoms with Crippen LogP contribution in [0.25, 0.3) is 17.1 Å². The van der Waals surface area contributed by atoms with Crippen molar-refractivity contribution in [2.45, 2.75) is 12.7 Å². The molecule has 0 spiro atoms. The molecule has 0 radical (unpaired) electrons. The van der Waals surface area contributed by atoms with E-state index in [-0.39, 0.29) is 12.1 Å². The quantitative estimate of drug-likeness (QED) is 0.502. The van der Waals surface area contributed by atoms with Crippen LogP contribution in [0, 0.1) is 11.3 Å². The predicted molar refractivity (Wildman–Crippen MR) is 96.5 cm³/mol. The molecule has 28 heavy (non-hydrogen) atoms. The van der Waals surface area contributed by atoms with Gasteiger partial charge in [-0.15, -0.1) is 0 Å². The zero-order chi connectivity index (χ0) is 20.5. The van der Waals surface area contributed by atoms with Gasteiger partial charge >= 0.3 is 12.1 Å². The Bertz CT molecular complexity index is 1140. The molecule has 9 heteroatoms. The van der Waals surface area contributed by atoms with Gasteiger partial charge in [0.05, 0.1) is 17.1 Å². The molecule has 3 aromatic rings. The number of fused-ring (bicyclic) bond motifs is 1. The number of carboxylic acids is 1. The summed E-state index contributed by atoms with van der Waals surface area (Å²) in [6.45, 7) is -0.0148. The van der Waals surface area contributed by atoms with E-state index in [0.29, 0.717) is 16.6 Å². The molecule has 2 aromatic heterocycles. The van der Waals surface area contributed by atoms with Gasteiger partial charge in [0.1, 0.15) is 17.3 Å².